The van der Waals surface area contributed by atoms with Gasteiger partial charge in [0.25, 0.3) is 0 Å². The van der Waals surface area contributed by atoms with E-state index in [4.69, 9.17) is 0 Å². The van der Waals surface area contributed by atoms with E-state index >= 15 is 0 Å². The van der Waals surface area contributed by atoms with Gasteiger partial charge in [-0.2, -0.15) is 0 Å². The van der Waals surface area contributed by atoms with E-state index in [1.807, 2.05) is 0 Å². The third-order valence-electron chi connectivity index (χ3n) is 5.49. The second-order valence-corrected chi connectivity index (χ2v) is 6.64. The molecular formula is C15H20N2O5. The highest BCUT2D eigenvalue weighted by Crippen LogP contribution is 2.53. The van der Waals surface area contributed by atoms with E-state index in [1.165, 1.54) is 11.9 Å². The molecule has 3 atom stereocenters. The lowest BCUT2D eigenvalue weighted by atomic mass is 9.51. The van der Waals surface area contributed by atoms with Crippen molar-refractivity contribution < 1.29 is 24.3 Å². The number of carbonyl (C=O) groups is 4. The van der Waals surface area contributed by atoms with Gasteiger partial charge in [0.1, 0.15) is 22.4 Å². The molecule has 1 heterocycles. The van der Waals surface area contributed by atoms with Gasteiger partial charge in [-0.15, -0.1) is 0 Å². The molecule has 0 radical (unpaired) electrons. The number of hydrogen-bond acceptors (Lipinski definition) is 5. The van der Waals surface area contributed by atoms with Gasteiger partial charge in [0, 0.05) is 33.0 Å². The molecule has 0 aromatic rings. The summed E-state index contributed by atoms with van der Waals surface area (Å²) >= 11 is 0. The Morgan fingerprint density at radius 3 is 2.27 bits per heavy atom. The molecule has 22 heavy (non-hydrogen) atoms. The molecule has 1 aliphatic heterocycles. The van der Waals surface area contributed by atoms with Crippen LogP contribution in [-0.4, -0.2) is 59.6 Å². The van der Waals surface area contributed by atoms with Gasteiger partial charge in [0.15, 0.2) is 0 Å². The van der Waals surface area contributed by atoms with Crippen LogP contribution in [0.15, 0.2) is 0 Å². The highest BCUT2D eigenvalue weighted by molar-refractivity contribution is 6.20. The largest absolute Gasteiger partial charge is 0.391 e. The van der Waals surface area contributed by atoms with Crippen LogP contribution in [0.3, 0.4) is 0 Å². The van der Waals surface area contributed by atoms with Gasteiger partial charge in [-0.3, -0.25) is 19.2 Å². The summed E-state index contributed by atoms with van der Waals surface area (Å²) in [4.78, 5) is 51.4. The van der Waals surface area contributed by atoms with Crippen molar-refractivity contribution in [3.8, 4) is 0 Å². The molecule has 7 nitrogen and oxygen atoms in total. The summed E-state index contributed by atoms with van der Waals surface area (Å²) in [5.74, 6) is -1.41. The van der Waals surface area contributed by atoms with Crippen LogP contribution in [0.4, 0.5) is 0 Å². The third-order valence-corrected chi connectivity index (χ3v) is 5.49. The minimum atomic E-state index is -1.31. The zero-order valence-corrected chi connectivity index (χ0v) is 12.6. The fourth-order valence-corrected chi connectivity index (χ4v) is 4.06. The molecule has 3 saturated carbocycles. The van der Waals surface area contributed by atoms with Gasteiger partial charge < -0.3 is 15.3 Å². The lowest BCUT2D eigenvalue weighted by molar-refractivity contribution is -0.171. The van der Waals surface area contributed by atoms with Crippen molar-refractivity contribution in [3.05, 3.63) is 0 Å². The molecule has 4 fully saturated rings. The first-order valence-electron chi connectivity index (χ1n) is 7.62. The van der Waals surface area contributed by atoms with Crippen LogP contribution in [0.5, 0.6) is 0 Å². The maximum atomic E-state index is 12.8. The van der Waals surface area contributed by atoms with E-state index in [-0.39, 0.29) is 49.7 Å². The van der Waals surface area contributed by atoms with Crippen molar-refractivity contribution in [1.82, 2.24) is 10.2 Å². The van der Waals surface area contributed by atoms with E-state index in [0.29, 0.717) is 13.0 Å². The molecule has 120 valence electrons. The lowest BCUT2D eigenvalue weighted by Crippen LogP contribution is -2.63. The number of hydrogen-bond donors (Lipinski definition) is 2. The normalized spacial score (nSPS) is 37.5. The first kappa shape index (κ1) is 15.1. The van der Waals surface area contributed by atoms with Crippen LogP contribution >= 0.6 is 0 Å². The van der Waals surface area contributed by atoms with Gasteiger partial charge in [0.2, 0.25) is 11.8 Å². The van der Waals surface area contributed by atoms with Crippen molar-refractivity contribution in [2.24, 2.45) is 10.8 Å². The topological polar surface area (TPSA) is 104 Å². The zero-order chi connectivity index (χ0) is 16.1. The summed E-state index contributed by atoms with van der Waals surface area (Å²) in [7, 11) is 1.45. The smallest absolute Gasteiger partial charge is 0.236 e. The predicted octanol–water partition coefficient (Wildman–Crippen LogP) is -0.976. The first-order chi connectivity index (χ1) is 10.4. The summed E-state index contributed by atoms with van der Waals surface area (Å²) in [5.41, 5.74) is -2.59. The molecule has 4 aliphatic rings. The number of amides is 2. The highest BCUT2D eigenvalue weighted by Gasteiger charge is 2.65. The Kier molecular flexibility index (Phi) is 3.36. The molecule has 2 N–H and O–H groups in total. The number of ketones is 2. The fourth-order valence-electron chi connectivity index (χ4n) is 4.06. The summed E-state index contributed by atoms with van der Waals surface area (Å²) in [6, 6.07) is 0. The van der Waals surface area contributed by atoms with Crippen LogP contribution in [0.25, 0.3) is 0 Å². The molecule has 0 aromatic carbocycles. The minimum Gasteiger partial charge on any atom is -0.391 e. The average Bonchev–Trinajstić information content (AvgIpc) is 2.93. The second-order valence-electron chi connectivity index (χ2n) is 6.64. The van der Waals surface area contributed by atoms with E-state index in [1.54, 1.807) is 0 Å². The predicted molar refractivity (Wildman–Crippen MR) is 74.6 cm³/mol. The molecular weight excluding hydrogens is 288 g/mol. The van der Waals surface area contributed by atoms with Crippen molar-refractivity contribution in [2.75, 3.05) is 20.1 Å². The van der Waals surface area contributed by atoms with Crippen molar-refractivity contribution in [2.45, 2.75) is 38.2 Å². The Hall–Kier alpha value is -1.76. The molecule has 0 spiro atoms. The third kappa shape index (κ3) is 1.84. The number of fused-ring (bicyclic) bond motifs is 3. The minimum absolute atomic E-state index is 0.187. The Balaban J connectivity index is 1.89. The number of carbonyl (C=O) groups excluding carboxylic acids is 4. The van der Waals surface area contributed by atoms with Crippen molar-refractivity contribution >= 4 is 23.4 Å². The quantitative estimate of drug-likeness (QED) is 0.638. The Labute approximate surface area is 128 Å². The molecule has 7 heteroatoms. The van der Waals surface area contributed by atoms with Crippen LogP contribution in [0.1, 0.15) is 32.1 Å². The number of nitrogens with zero attached hydrogens (tertiary/aromatic N) is 1. The van der Waals surface area contributed by atoms with Crippen molar-refractivity contribution in [3.63, 3.8) is 0 Å². The van der Waals surface area contributed by atoms with Gasteiger partial charge in [-0.1, -0.05) is 0 Å². The molecule has 3 unspecified atom stereocenters. The molecule has 1 saturated heterocycles. The van der Waals surface area contributed by atoms with Crippen LogP contribution in [0.2, 0.25) is 0 Å². The number of aliphatic hydroxyl groups excluding tert-OH is 1. The zero-order valence-electron chi connectivity index (χ0n) is 12.6. The van der Waals surface area contributed by atoms with E-state index in [2.05, 4.69) is 5.32 Å². The maximum Gasteiger partial charge on any atom is 0.236 e. The summed E-state index contributed by atoms with van der Waals surface area (Å²) in [5, 5.41) is 12.0. The number of aliphatic hydroxyl groups is 1. The highest BCUT2D eigenvalue weighted by atomic mass is 16.3. The van der Waals surface area contributed by atoms with Crippen LogP contribution in [0, 0.1) is 10.8 Å². The fraction of sp³-hybridized carbons (Fsp3) is 0.733. The molecule has 0 aromatic heterocycles. The number of likely N-dealkylation sites (tertiary alicyclic amines) is 1. The van der Waals surface area contributed by atoms with Gasteiger partial charge in [-0.25, -0.2) is 0 Å². The van der Waals surface area contributed by atoms with E-state index in [9.17, 15) is 24.3 Å². The van der Waals surface area contributed by atoms with Crippen LogP contribution < -0.4 is 5.32 Å². The number of Topliss-reactive ketones (excluding diaryl/α,β-unsaturated/α-hetero) is 2. The molecule has 3 aliphatic carbocycles. The standard InChI is InChI=1S/C15H20N2O5/c1-16-12(21)14-3-4-15(7-10(14)19,11(20)6-14)13(22)17-5-2-9(18)8-17/h9,18H,2-8H2,1H3,(H,16,21). The first-order valence-corrected chi connectivity index (χ1v) is 7.62. The molecule has 2 amide bonds. The maximum absolute atomic E-state index is 12.8. The summed E-state index contributed by atoms with van der Waals surface area (Å²) < 4.78 is 0. The van der Waals surface area contributed by atoms with Crippen LogP contribution in [-0.2, 0) is 19.2 Å². The van der Waals surface area contributed by atoms with E-state index < -0.39 is 22.8 Å². The Morgan fingerprint density at radius 2 is 1.77 bits per heavy atom. The monoisotopic (exact) mass is 308 g/mol. The Bertz CT molecular complexity index is 574. The summed E-state index contributed by atoms with van der Waals surface area (Å²) in [6.07, 6.45) is 0.0172. The van der Waals surface area contributed by atoms with Gasteiger partial charge in [0.05, 0.1) is 6.10 Å². The number of rotatable bonds is 2. The SMILES string of the molecule is CNC(=O)C12CCC(C(=O)N3CCC(O)C3)(CC1=O)C(=O)C2. The lowest BCUT2D eigenvalue weighted by Gasteiger charge is -2.49. The van der Waals surface area contributed by atoms with Gasteiger partial charge >= 0.3 is 0 Å². The number of nitrogens with one attached hydrogen (secondary N) is 1. The molecule has 4 rings (SSSR count). The summed E-state index contributed by atoms with van der Waals surface area (Å²) in [6.45, 7) is 0.618. The van der Waals surface area contributed by atoms with E-state index in [0.717, 1.165) is 0 Å². The Morgan fingerprint density at radius 1 is 1.18 bits per heavy atom. The van der Waals surface area contributed by atoms with Crippen molar-refractivity contribution in [1.29, 1.82) is 0 Å². The number of β-amino-alcohol motifs (C(OH)–C–C–N with tert-alkyl or cyclic N) is 1. The second kappa shape index (κ2) is 4.87. The van der Waals surface area contributed by atoms with Gasteiger partial charge in [-0.05, 0) is 19.3 Å². The molecule has 2 bridgehead atoms. The average molecular weight is 308 g/mol.